The lowest BCUT2D eigenvalue weighted by Gasteiger charge is -2.00. The van der Waals surface area contributed by atoms with Crippen LogP contribution >= 0.6 is 15.9 Å². The van der Waals surface area contributed by atoms with E-state index < -0.39 is 12.0 Å². The molecule has 0 bridgehead atoms. The van der Waals surface area contributed by atoms with Gasteiger partial charge in [0.15, 0.2) is 0 Å². The molecular formula is C10H10BrN2O2+. The molecule has 0 amide bonds. The second-order valence-electron chi connectivity index (χ2n) is 2.82. The Morgan fingerprint density at radius 3 is 2.60 bits per heavy atom. The number of carbonyl (C=O) groups is 1. The van der Waals surface area contributed by atoms with E-state index in [-0.39, 0.29) is 6.61 Å². The maximum Gasteiger partial charge on any atom is 0.433 e. The summed E-state index contributed by atoms with van der Waals surface area (Å²) in [5.74, 6) is -0.553. The summed E-state index contributed by atoms with van der Waals surface area (Å²) in [5, 5.41) is 8.76. The molecule has 0 radical (unpaired) electrons. The largest absolute Gasteiger partial charge is 0.460 e. The fourth-order valence-electron chi connectivity index (χ4n) is 1.12. The number of ether oxygens (including phenoxy) is 1. The van der Waals surface area contributed by atoms with Gasteiger partial charge in [-0.1, -0.05) is 15.9 Å². The highest BCUT2D eigenvalue weighted by Crippen LogP contribution is 2.21. The smallest absolute Gasteiger partial charge is 0.433 e. The molecule has 78 valence electrons. The summed E-state index contributed by atoms with van der Waals surface area (Å²) < 4.78 is 5.67. The maximum atomic E-state index is 11.4. The molecule has 0 spiro atoms. The average Bonchev–Trinajstić information content (AvgIpc) is 2.22. The van der Waals surface area contributed by atoms with Crippen LogP contribution < -0.4 is 0 Å². The molecule has 1 atom stereocenters. The van der Waals surface area contributed by atoms with E-state index in [1.165, 1.54) is 0 Å². The average molecular weight is 270 g/mol. The van der Waals surface area contributed by atoms with E-state index in [0.717, 1.165) is 4.47 Å². The number of esters is 1. The summed E-state index contributed by atoms with van der Waals surface area (Å²) in [7, 11) is 0. The van der Waals surface area contributed by atoms with Crippen molar-refractivity contribution in [3.63, 3.8) is 0 Å². The molecule has 0 aromatic heterocycles. The minimum absolute atomic E-state index is 0.265. The van der Waals surface area contributed by atoms with Crippen molar-refractivity contribution in [3.8, 4) is 0 Å². The number of halogens is 1. The lowest BCUT2D eigenvalue weighted by atomic mass is 10.1. The predicted molar refractivity (Wildman–Crippen MR) is 58.6 cm³/mol. The summed E-state index contributed by atoms with van der Waals surface area (Å²) in [4.78, 5) is 14.4. The topological polar surface area (TPSA) is 54.5 Å². The van der Waals surface area contributed by atoms with Crippen LogP contribution in [0.2, 0.25) is 0 Å². The highest BCUT2D eigenvalue weighted by atomic mass is 79.9. The Hall–Kier alpha value is -1.41. The lowest BCUT2D eigenvalue weighted by molar-refractivity contribution is -0.143. The van der Waals surface area contributed by atoms with Crippen molar-refractivity contribution in [3.05, 3.63) is 39.3 Å². The van der Waals surface area contributed by atoms with Crippen LogP contribution in [0.15, 0.2) is 28.7 Å². The summed E-state index contributed by atoms with van der Waals surface area (Å²) in [6.07, 6.45) is 0. The molecule has 0 unspecified atom stereocenters. The van der Waals surface area contributed by atoms with Crippen LogP contribution in [0.3, 0.4) is 0 Å². The molecule has 5 heteroatoms. The minimum Gasteiger partial charge on any atom is -0.460 e. The van der Waals surface area contributed by atoms with Gasteiger partial charge in [0.25, 0.3) is 0 Å². The van der Waals surface area contributed by atoms with E-state index in [9.17, 15) is 4.79 Å². The van der Waals surface area contributed by atoms with Crippen LogP contribution in [0.4, 0.5) is 0 Å². The van der Waals surface area contributed by atoms with Gasteiger partial charge in [-0.05, 0) is 31.2 Å². The van der Waals surface area contributed by atoms with E-state index in [4.69, 9.17) is 10.1 Å². The van der Waals surface area contributed by atoms with E-state index >= 15 is 0 Å². The van der Waals surface area contributed by atoms with Crippen molar-refractivity contribution >= 4 is 21.9 Å². The van der Waals surface area contributed by atoms with Gasteiger partial charge in [0.2, 0.25) is 5.39 Å². The molecule has 0 heterocycles. The first-order valence-electron chi connectivity index (χ1n) is 4.45. The number of carbonyl (C=O) groups excluding carboxylic acids is 1. The van der Waals surface area contributed by atoms with Gasteiger partial charge in [0.1, 0.15) is 4.98 Å². The number of hydrogen-bond acceptors (Lipinski definition) is 3. The van der Waals surface area contributed by atoms with Crippen LogP contribution in [-0.4, -0.2) is 12.6 Å². The second kappa shape index (κ2) is 5.47. The van der Waals surface area contributed by atoms with Crippen molar-refractivity contribution in [2.75, 3.05) is 6.61 Å². The lowest BCUT2D eigenvalue weighted by Crippen LogP contribution is -2.12. The van der Waals surface area contributed by atoms with Gasteiger partial charge in [-0.3, -0.25) is 0 Å². The molecule has 1 aromatic carbocycles. The van der Waals surface area contributed by atoms with Crippen LogP contribution in [0.25, 0.3) is 4.98 Å². The standard InChI is InChI=1S/C10H10BrN2O2/c1-2-15-10(14)9(13-12)7-3-5-8(11)6-4-7/h3-6,9H,2H2,1H3/q+1/t9-/m1/s1. The number of nitrogens with zero attached hydrogens (tertiary/aromatic N) is 2. The predicted octanol–water partition coefficient (Wildman–Crippen LogP) is 2.91. The highest BCUT2D eigenvalue weighted by Gasteiger charge is 2.33. The third kappa shape index (κ3) is 3.03. The van der Waals surface area contributed by atoms with Crippen LogP contribution in [0, 0.1) is 5.39 Å². The van der Waals surface area contributed by atoms with Crippen molar-refractivity contribution in [1.82, 2.24) is 0 Å². The molecule has 1 aromatic rings. The van der Waals surface area contributed by atoms with Crippen molar-refractivity contribution in [2.45, 2.75) is 13.0 Å². The Morgan fingerprint density at radius 1 is 1.53 bits per heavy atom. The Morgan fingerprint density at radius 2 is 2.13 bits per heavy atom. The first-order chi connectivity index (χ1) is 7.19. The zero-order chi connectivity index (χ0) is 11.3. The van der Waals surface area contributed by atoms with Crippen LogP contribution in [0.1, 0.15) is 18.5 Å². The molecule has 0 saturated carbocycles. The summed E-state index contributed by atoms with van der Waals surface area (Å²) in [5.41, 5.74) is 0.596. The molecule has 15 heavy (non-hydrogen) atoms. The van der Waals surface area contributed by atoms with Gasteiger partial charge in [0, 0.05) is 4.47 Å². The van der Waals surface area contributed by atoms with Gasteiger partial charge in [0.05, 0.1) is 12.2 Å². The molecule has 0 aliphatic carbocycles. The number of rotatable bonds is 3. The van der Waals surface area contributed by atoms with Gasteiger partial charge in [-0.25, -0.2) is 4.79 Å². The summed E-state index contributed by atoms with van der Waals surface area (Å²) in [6, 6.07) is 5.98. The quantitative estimate of drug-likeness (QED) is 0.626. The molecule has 0 aliphatic rings. The van der Waals surface area contributed by atoms with Crippen molar-refractivity contribution in [1.29, 1.82) is 5.39 Å². The van der Waals surface area contributed by atoms with Gasteiger partial charge in [-0.15, -0.1) is 0 Å². The monoisotopic (exact) mass is 269 g/mol. The highest BCUT2D eigenvalue weighted by molar-refractivity contribution is 9.10. The summed E-state index contributed by atoms with van der Waals surface area (Å²) in [6.45, 7) is 1.97. The first kappa shape index (κ1) is 11.7. The molecule has 0 aliphatic heterocycles. The van der Waals surface area contributed by atoms with E-state index in [1.807, 2.05) is 0 Å². The van der Waals surface area contributed by atoms with Gasteiger partial charge >= 0.3 is 12.0 Å². The Kier molecular flexibility index (Phi) is 4.25. The number of hydrogen-bond donors (Lipinski definition) is 0. The van der Waals surface area contributed by atoms with E-state index in [0.29, 0.717) is 5.56 Å². The Bertz CT molecular complexity index is 383. The van der Waals surface area contributed by atoms with Crippen molar-refractivity contribution in [2.24, 2.45) is 0 Å². The SMILES string of the molecule is CCOC(=O)[C@H]([N+]#N)c1ccc(Br)cc1. The second-order valence-corrected chi connectivity index (χ2v) is 3.74. The number of benzene rings is 1. The van der Waals surface area contributed by atoms with Crippen LogP contribution in [-0.2, 0) is 9.53 Å². The minimum atomic E-state index is -0.960. The number of diazo groups is 1. The van der Waals surface area contributed by atoms with E-state index in [1.54, 1.807) is 31.2 Å². The fraction of sp³-hybridized carbons (Fsp3) is 0.300. The van der Waals surface area contributed by atoms with Crippen molar-refractivity contribution < 1.29 is 9.53 Å². The molecule has 1 rings (SSSR count). The summed E-state index contributed by atoms with van der Waals surface area (Å²) >= 11 is 3.27. The van der Waals surface area contributed by atoms with E-state index in [2.05, 4.69) is 20.9 Å². The Balaban J connectivity index is 2.89. The third-order valence-corrected chi connectivity index (χ3v) is 2.34. The fourth-order valence-corrected chi connectivity index (χ4v) is 1.38. The third-order valence-electron chi connectivity index (χ3n) is 1.81. The first-order valence-corrected chi connectivity index (χ1v) is 5.24. The molecule has 4 nitrogen and oxygen atoms in total. The molecule has 0 saturated heterocycles. The van der Waals surface area contributed by atoms with Crippen LogP contribution in [0.5, 0.6) is 0 Å². The van der Waals surface area contributed by atoms with Gasteiger partial charge in [-0.2, -0.15) is 0 Å². The Labute approximate surface area is 96.0 Å². The maximum absolute atomic E-state index is 11.4. The zero-order valence-corrected chi connectivity index (χ0v) is 9.77. The normalized spacial score (nSPS) is 11.5. The molecule has 0 N–H and O–H groups in total. The molecule has 0 fully saturated rings. The zero-order valence-electron chi connectivity index (χ0n) is 8.18. The van der Waals surface area contributed by atoms with Gasteiger partial charge < -0.3 is 4.74 Å². The molecular weight excluding hydrogens is 260 g/mol.